The molecule has 0 bridgehead atoms. The van der Waals surface area contributed by atoms with Crippen molar-refractivity contribution in [3.05, 3.63) is 17.0 Å². The molecule has 6 nitrogen and oxygen atoms in total. The lowest BCUT2D eigenvalue weighted by Crippen LogP contribution is -2.52. The SMILES string of the molecule is CC(C)N1CCCC2(CCN(C(=O)c3nn(C)c4c3CCCC4)C2)C1=O. The standard InChI is InChI=1S/C20H30N4O2/c1-14(2)24-11-6-9-20(19(24)26)10-12-23(13-20)18(25)17-15-7-4-5-8-16(15)22(3)21-17/h14H,4-13H2,1-3H3. The highest BCUT2D eigenvalue weighted by Gasteiger charge is 2.50. The molecule has 0 saturated carbocycles. The molecule has 142 valence electrons. The molecule has 2 fully saturated rings. The number of aryl methyl sites for hydroxylation is 1. The smallest absolute Gasteiger partial charge is 0.274 e. The van der Waals surface area contributed by atoms with E-state index in [1.807, 2.05) is 21.5 Å². The molecule has 1 unspecified atom stereocenters. The third-order valence-electron chi connectivity index (χ3n) is 6.60. The van der Waals surface area contributed by atoms with E-state index in [0.29, 0.717) is 18.8 Å². The maximum absolute atomic E-state index is 13.2. The van der Waals surface area contributed by atoms with Crippen LogP contribution in [-0.4, -0.2) is 57.1 Å². The summed E-state index contributed by atoms with van der Waals surface area (Å²) in [4.78, 5) is 30.2. The fraction of sp³-hybridized carbons (Fsp3) is 0.750. The van der Waals surface area contributed by atoms with Crippen molar-refractivity contribution in [2.24, 2.45) is 12.5 Å². The van der Waals surface area contributed by atoms with Gasteiger partial charge in [0.05, 0.1) is 5.41 Å². The second-order valence-electron chi connectivity index (χ2n) is 8.56. The van der Waals surface area contributed by atoms with Crippen molar-refractivity contribution in [3.8, 4) is 0 Å². The average Bonchev–Trinajstić information content (AvgIpc) is 3.20. The van der Waals surface area contributed by atoms with Gasteiger partial charge in [-0.05, 0) is 58.8 Å². The van der Waals surface area contributed by atoms with E-state index >= 15 is 0 Å². The first-order valence-electron chi connectivity index (χ1n) is 10.1. The Morgan fingerprint density at radius 2 is 1.88 bits per heavy atom. The third-order valence-corrected chi connectivity index (χ3v) is 6.60. The molecule has 2 aliphatic heterocycles. The summed E-state index contributed by atoms with van der Waals surface area (Å²) < 4.78 is 1.89. The van der Waals surface area contributed by atoms with Gasteiger partial charge in [-0.15, -0.1) is 0 Å². The van der Waals surface area contributed by atoms with Gasteiger partial charge in [0.1, 0.15) is 0 Å². The molecule has 1 spiro atoms. The molecule has 1 aromatic heterocycles. The summed E-state index contributed by atoms with van der Waals surface area (Å²) >= 11 is 0. The summed E-state index contributed by atoms with van der Waals surface area (Å²) in [5.41, 5.74) is 2.62. The van der Waals surface area contributed by atoms with Gasteiger partial charge in [0.2, 0.25) is 5.91 Å². The highest BCUT2D eigenvalue weighted by Crippen LogP contribution is 2.41. The number of aromatic nitrogens is 2. The maximum Gasteiger partial charge on any atom is 0.274 e. The molecule has 26 heavy (non-hydrogen) atoms. The molecule has 2 amide bonds. The summed E-state index contributed by atoms with van der Waals surface area (Å²) in [6.45, 7) is 6.23. The van der Waals surface area contributed by atoms with Gasteiger partial charge in [0.25, 0.3) is 5.91 Å². The Morgan fingerprint density at radius 1 is 1.12 bits per heavy atom. The quantitative estimate of drug-likeness (QED) is 0.814. The van der Waals surface area contributed by atoms with Crippen LogP contribution in [0.15, 0.2) is 0 Å². The van der Waals surface area contributed by atoms with Gasteiger partial charge in [0.15, 0.2) is 5.69 Å². The third kappa shape index (κ3) is 2.65. The lowest BCUT2D eigenvalue weighted by Gasteiger charge is -2.41. The van der Waals surface area contributed by atoms with Crippen molar-refractivity contribution in [3.63, 3.8) is 0 Å². The molecule has 2 saturated heterocycles. The van der Waals surface area contributed by atoms with Crippen molar-refractivity contribution in [1.82, 2.24) is 19.6 Å². The van der Waals surface area contributed by atoms with Gasteiger partial charge in [-0.25, -0.2) is 0 Å². The number of carbonyl (C=O) groups is 2. The number of likely N-dealkylation sites (tertiary alicyclic amines) is 2. The Balaban J connectivity index is 1.56. The predicted molar refractivity (Wildman–Crippen MR) is 98.9 cm³/mol. The van der Waals surface area contributed by atoms with Gasteiger partial charge in [-0.1, -0.05) is 0 Å². The molecule has 1 aromatic rings. The molecule has 6 heteroatoms. The highest BCUT2D eigenvalue weighted by atomic mass is 16.2. The summed E-state index contributed by atoms with van der Waals surface area (Å²) in [5.74, 6) is 0.271. The van der Waals surface area contributed by atoms with Crippen molar-refractivity contribution in [1.29, 1.82) is 0 Å². The molecule has 3 aliphatic rings. The molecule has 1 aliphatic carbocycles. The molecule has 0 radical (unpaired) electrons. The van der Waals surface area contributed by atoms with E-state index in [1.165, 1.54) is 12.1 Å². The predicted octanol–water partition coefficient (Wildman–Crippen LogP) is 2.16. The van der Waals surface area contributed by atoms with Crippen LogP contribution in [0.4, 0.5) is 0 Å². The number of piperidine rings is 1. The van der Waals surface area contributed by atoms with E-state index < -0.39 is 0 Å². The van der Waals surface area contributed by atoms with Gasteiger partial charge < -0.3 is 9.80 Å². The number of carbonyl (C=O) groups excluding carboxylic acids is 2. The first-order chi connectivity index (χ1) is 12.4. The van der Waals surface area contributed by atoms with Crippen molar-refractivity contribution in [2.45, 2.75) is 64.8 Å². The van der Waals surface area contributed by atoms with Crippen LogP contribution in [0.5, 0.6) is 0 Å². The maximum atomic E-state index is 13.2. The molecular weight excluding hydrogens is 328 g/mol. The minimum atomic E-state index is -0.368. The van der Waals surface area contributed by atoms with E-state index in [0.717, 1.165) is 50.6 Å². The van der Waals surface area contributed by atoms with Gasteiger partial charge in [-0.2, -0.15) is 5.10 Å². The number of fused-ring (bicyclic) bond motifs is 1. The normalized spacial score (nSPS) is 26.1. The van der Waals surface area contributed by atoms with E-state index in [2.05, 4.69) is 18.9 Å². The second kappa shape index (κ2) is 6.39. The zero-order valence-electron chi connectivity index (χ0n) is 16.3. The van der Waals surface area contributed by atoms with E-state index in [-0.39, 0.29) is 23.3 Å². The minimum Gasteiger partial charge on any atom is -0.340 e. The molecular formula is C20H30N4O2. The minimum absolute atomic E-state index is 0.0232. The summed E-state index contributed by atoms with van der Waals surface area (Å²) in [6.07, 6.45) is 6.98. The number of amides is 2. The van der Waals surface area contributed by atoms with Gasteiger partial charge in [0, 0.05) is 44.0 Å². The van der Waals surface area contributed by atoms with Crippen LogP contribution in [0, 0.1) is 5.41 Å². The topological polar surface area (TPSA) is 58.4 Å². The van der Waals surface area contributed by atoms with Gasteiger partial charge in [-0.3, -0.25) is 14.3 Å². The fourth-order valence-corrected chi connectivity index (χ4v) is 5.11. The summed E-state index contributed by atoms with van der Waals surface area (Å²) in [7, 11) is 1.94. The largest absolute Gasteiger partial charge is 0.340 e. The van der Waals surface area contributed by atoms with Crippen molar-refractivity contribution >= 4 is 11.8 Å². The Morgan fingerprint density at radius 3 is 2.65 bits per heavy atom. The van der Waals surface area contributed by atoms with Crippen LogP contribution >= 0.6 is 0 Å². The monoisotopic (exact) mass is 358 g/mol. The Labute approximate surface area is 155 Å². The Hall–Kier alpha value is -1.85. The molecule has 1 atom stereocenters. The van der Waals surface area contributed by atoms with Crippen molar-refractivity contribution < 1.29 is 9.59 Å². The summed E-state index contributed by atoms with van der Waals surface area (Å²) in [5, 5.41) is 4.56. The fourth-order valence-electron chi connectivity index (χ4n) is 5.11. The molecule has 3 heterocycles. The number of rotatable bonds is 2. The summed E-state index contributed by atoms with van der Waals surface area (Å²) in [6, 6.07) is 0.229. The number of hydrogen-bond acceptors (Lipinski definition) is 3. The van der Waals surface area contributed by atoms with Crippen molar-refractivity contribution in [2.75, 3.05) is 19.6 Å². The molecule has 0 aromatic carbocycles. The second-order valence-corrected chi connectivity index (χ2v) is 8.56. The first-order valence-corrected chi connectivity index (χ1v) is 10.1. The van der Waals surface area contributed by atoms with E-state index in [1.54, 1.807) is 0 Å². The first kappa shape index (κ1) is 17.6. The van der Waals surface area contributed by atoms with Crippen LogP contribution in [0.2, 0.25) is 0 Å². The van der Waals surface area contributed by atoms with E-state index in [4.69, 9.17) is 0 Å². The van der Waals surface area contributed by atoms with Gasteiger partial charge >= 0.3 is 0 Å². The average molecular weight is 358 g/mol. The van der Waals surface area contributed by atoms with E-state index in [9.17, 15) is 9.59 Å². The number of hydrogen-bond donors (Lipinski definition) is 0. The zero-order chi connectivity index (χ0) is 18.5. The molecule has 4 rings (SSSR count). The Bertz CT molecular complexity index is 738. The lowest BCUT2D eigenvalue weighted by molar-refractivity contribution is -0.147. The lowest BCUT2D eigenvalue weighted by atomic mass is 9.78. The van der Waals surface area contributed by atoms with Crippen LogP contribution in [-0.2, 0) is 24.7 Å². The van der Waals surface area contributed by atoms with Crippen LogP contribution in [0.25, 0.3) is 0 Å². The van der Waals surface area contributed by atoms with Crippen LogP contribution in [0.3, 0.4) is 0 Å². The Kier molecular flexibility index (Phi) is 4.32. The zero-order valence-corrected chi connectivity index (χ0v) is 16.3. The molecule has 0 N–H and O–H groups in total. The van der Waals surface area contributed by atoms with Crippen LogP contribution < -0.4 is 0 Å². The highest BCUT2D eigenvalue weighted by molar-refractivity contribution is 5.95. The van der Waals surface area contributed by atoms with Crippen LogP contribution in [0.1, 0.15) is 67.7 Å². The number of nitrogens with zero attached hydrogens (tertiary/aromatic N) is 4.